The second-order valence-electron chi connectivity index (χ2n) is 3.80. The predicted octanol–water partition coefficient (Wildman–Crippen LogP) is 2.42. The van der Waals surface area contributed by atoms with Crippen LogP contribution in [0, 0.1) is 5.82 Å². The van der Waals surface area contributed by atoms with Crippen LogP contribution in [0.2, 0.25) is 5.02 Å². The molecule has 1 aromatic carbocycles. The maximum atomic E-state index is 13.7. The van der Waals surface area contributed by atoms with E-state index >= 15 is 0 Å². The first-order valence-corrected chi connectivity index (χ1v) is 5.48. The van der Waals surface area contributed by atoms with E-state index in [9.17, 15) is 4.39 Å². The molecule has 6 heteroatoms. The summed E-state index contributed by atoms with van der Waals surface area (Å²) in [5.74, 6) is 0.000175. The summed E-state index contributed by atoms with van der Waals surface area (Å²) in [5.41, 5.74) is 5.80. The van der Waals surface area contributed by atoms with Gasteiger partial charge in [-0.05, 0) is 19.1 Å². The highest BCUT2D eigenvalue weighted by molar-refractivity contribution is 6.31. The molecule has 4 nitrogen and oxygen atoms in total. The Morgan fingerprint density at radius 3 is 3.00 bits per heavy atom. The number of nitrogens with two attached hydrogens (primary N) is 1. The molecule has 2 N–H and O–H groups in total. The van der Waals surface area contributed by atoms with Crippen molar-refractivity contribution in [2.75, 3.05) is 0 Å². The molecule has 1 heterocycles. The predicted molar refractivity (Wildman–Crippen MR) is 62.1 cm³/mol. The summed E-state index contributed by atoms with van der Waals surface area (Å²) in [6.07, 6.45) is 0.478. The van der Waals surface area contributed by atoms with Crippen LogP contribution in [0.5, 0.6) is 0 Å². The van der Waals surface area contributed by atoms with Gasteiger partial charge in [-0.2, -0.15) is 4.98 Å². The monoisotopic (exact) mass is 255 g/mol. The van der Waals surface area contributed by atoms with Crippen molar-refractivity contribution in [2.24, 2.45) is 5.73 Å². The van der Waals surface area contributed by atoms with Gasteiger partial charge in [-0.1, -0.05) is 22.8 Å². The SMILES string of the molecule is CC(N)Cc1noc(-c2cccc(Cl)c2F)n1. The number of halogens is 2. The Hall–Kier alpha value is -1.46. The third-order valence-electron chi connectivity index (χ3n) is 2.15. The summed E-state index contributed by atoms with van der Waals surface area (Å²) >= 11 is 5.67. The smallest absolute Gasteiger partial charge is 0.260 e. The van der Waals surface area contributed by atoms with Crippen molar-refractivity contribution in [3.63, 3.8) is 0 Å². The van der Waals surface area contributed by atoms with Gasteiger partial charge in [-0.25, -0.2) is 4.39 Å². The van der Waals surface area contributed by atoms with E-state index in [4.69, 9.17) is 21.9 Å². The molecule has 0 aliphatic rings. The minimum Gasteiger partial charge on any atom is -0.334 e. The molecule has 0 radical (unpaired) electrons. The zero-order valence-electron chi connectivity index (χ0n) is 9.15. The van der Waals surface area contributed by atoms with Crippen LogP contribution in [-0.2, 0) is 6.42 Å². The molecule has 0 saturated heterocycles. The zero-order valence-corrected chi connectivity index (χ0v) is 9.91. The number of nitrogens with zero attached hydrogens (tertiary/aromatic N) is 2. The number of hydrogen-bond acceptors (Lipinski definition) is 4. The third-order valence-corrected chi connectivity index (χ3v) is 2.45. The Morgan fingerprint density at radius 2 is 2.29 bits per heavy atom. The standard InChI is InChI=1S/C11H11ClFN3O/c1-6(14)5-9-15-11(17-16-9)7-3-2-4-8(12)10(7)13/h2-4,6H,5,14H2,1H3. The van der Waals surface area contributed by atoms with Crippen LogP contribution in [0.1, 0.15) is 12.7 Å². The summed E-state index contributed by atoms with van der Waals surface area (Å²) in [4.78, 5) is 4.07. The Bertz CT molecular complexity index is 527. The van der Waals surface area contributed by atoms with Gasteiger partial charge >= 0.3 is 0 Å². The van der Waals surface area contributed by atoms with E-state index in [-0.39, 0.29) is 22.5 Å². The minimum atomic E-state index is -0.565. The lowest BCUT2D eigenvalue weighted by molar-refractivity contribution is 0.418. The normalized spacial score (nSPS) is 12.7. The molecule has 17 heavy (non-hydrogen) atoms. The Labute approximate surface area is 103 Å². The Balaban J connectivity index is 2.34. The molecule has 0 saturated carbocycles. The van der Waals surface area contributed by atoms with Crippen molar-refractivity contribution in [1.82, 2.24) is 10.1 Å². The van der Waals surface area contributed by atoms with Gasteiger partial charge in [0.1, 0.15) is 0 Å². The first-order valence-electron chi connectivity index (χ1n) is 5.10. The highest BCUT2D eigenvalue weighted by Crippen LogP contribution is 2.26. The second kappa shape index (κ2) is 4.81. The largest absolute Gasteiger partial charge is 0.334 e. The quantitative estimate of drug-likeness (QED) is 0.915. The third kappa shape index (κ3) is 2.62. The lowest BCUT2D eigenvalue weighted by Crippen LogP contribution is -2.18. The van der Waals surface area contributed by atoms with Gasteiger partial charge in [0.15, 0.2) is 11.6 Å². The van der Waals surface area contributed by atoms with Crippen LogP contribution in [0.3, 0.4) is 0 Å². The lowest BCUT2D eigenvalue weighted by atomic mass is 10.2. The molecule has 1 unspecified atom stereocenters. The van der Waals surface area contributed by atoms with E-state index < -0.39 is 5.82 Å². The van der Waals surface area contributed by atoms with Crippen LogP contribution in [0.25, 0.3) is 11.5 Å². The maximum absolute atomic E-state index is 13.7. The first kappa shape index (κ1) is 12.0. The molecule has 1 aromatic heterocycles. The number of rotatable bonds is 3. The van der Waals surface area contributed by atoms with E-state index in [1.807, 2.05) is 6.92 Å². The summed E-state index contributed by atoms with van der Waals surface area (Å²) in [6.45, 7) is 1.83. The summed E-state index contributed by atoms with van der Waals surface area (Å²) in [6, 6.07) is 4.53. The fourth-order valence-corrected chi connectivity index (χ4v) is 1.58. The average Bonchev–Trinajstić information content (AvgIpc) is 2.69. The molecule has 2 rings (SSSR count). The number of aromatic nitrogens is 2. The van der Waals surface area contributed by atoms with Gasteiger partial charge in [-0.15, -0.1) is 0 Å². The fraction of sp³-hybridized carbons (Fsp3) is 0.273. The molecule has 0 bridgehead atoms. The molecular weight excluding hydrogens is 245 g/mol. The van der Waals surface area contributed by atoms with E-state index in [1.54, 1.807) is 6.07 Å². The molecule has 2 aromatic rings. The van der Waals surface area contributed by atoms with Crippen molar-refractivity contribution in [3.8, 4) is 11.5 Å². The molecule has 0 aliphatic carbocycles. The van der Waals surface area contributed by atoms with Crippen molar-refractivity contribution in [2.45, 2.75) is 19.4 Å². The second-order valence-corrected chi connectivity index (χ2v) is 4.21. The van der Waals surface area contributed by atoms with E-state index in [0.29, 0.717) is 12.2 Å². The molecule has 90 valence electrons. The molecule has 0 spiro atoms. The fourth-order valence-electron chi connectivity index (χ4n) is 1.40. The van der Waals surface area contributed by atoms with Gasteiger partial charge < -0.3 is 10.3 Å². The van der Waals surface area contributed by atoms with Crippen molar-refractivity contribution >= 4 is 11.6 Å². The van der Waals surface area contributed by atoms with E-state index in [0.717, 1.165) is 0 Å². The topological polar surface area (TPSA) is 64.9 Å². The van der Waals surface area contributed by atoms with Crippen LogP contribution in [0.15, 0.2) is 22.7 Å². The first-order chi connectivity index (χ1) is 8.08. The molecule has 0 aliphatic heterocycles. The van der Waals surface area contributed by atoms with Crippen LogP contribution in [0.4, 0.5) is 4.39 Å². The molecular formula is C11H11ClFN3O. The maximum Gasteiger partial charge on any atom is 0.260 e. The Kier molecular flexibility index (Phi) is 3.40. The van der Waals surface area contributed by atoms with Gasteiger partial charge in [0.25, 0.3) is 5.89 Å². The molecule has 0 amide bonds. The zero-order chi connectivity index (χ0) is 12.4. The Morgan fingerprint density at radius 1 is 1.53 bits per heavy atom. The van der Waals surface area contributed by atoms with Crippen molar-refractivity contribution in [1.29, 1.82) is 0 Å². The molecule has 0 fully saturated rings. The van der Waals surface area contributed by atoms with Gasteiger partial charge in [0, 0.05) is 12.5 Å². The lowest BCUT2D eigenvalue weighted by Gasteiger charge is -1.98. The molecule has 1 atom stereocenters. The average molecular weight is 256 g/mol. The minimum absolute atomic E-state index is 0.0226. The van der Waals surface area contributed by atoms with Gasteiger partial charge in [-0.3, -0.25) is 0 Å². The van der Waals surface area contributed by atoms with E-state index in [1.165, 1.54) is 12.1 Å². The highest BCUT2D eigenvalue weighted by Gasteiger charge is 2.15. The summed E-state index contributed by atoms with van der Waals surface area (Å²) in [5, 5.41) is 3.75. The highest BCUT2D eigenvalue weighted by atomic mass is 35.5. The van der Waals surface area contributed by atoms with Crippen LogP contribution in [-0.4, -0.2) is 16.2 Å². The van der Waals surface area contributed by atoms with Crippen LogP contribution >= 0.6 is 11.6 Å². The van der Waals surface area contributed by atoms with Crippen molar-refractivity contribution < 1.29 is 8.91 Å². The summed E-state index contributed by atoms with van der Waals surface area (Å²) in [7, 11) is 0. The van der Waals surface area contributed by atoms with Crippen LogP contribution < -0.4 is 5.73 Å². The van der Waals surface area contributed by atoms with E-state index in [2.05, 4.69) is 10.1 Å². The summed E-state index contributed by atoms with van der Waals surface area (Å²) < 4.78 is 18.6. The van der Waals surface area contributed by atoms with Gasteiger partial charge in [0.2, 0.25) is 0 Å². The number of hydrogen-bond donors (Lipinski definition) is 1. The number of benzene rings is 1. The van der Waals surface area contributed by atoms with Crippen molar-refractivity contribution in [3.05, 3.63) is 34.9 Å². The van der Waals surface area contributed by atoms with Gasteiger partial charge in [0.05, 0.1) is 10.6 Å².